The molecular formula is C17H21ClN2O. The maximum Gasteiger partial charge on any atom is 0.150 e. The molecule has 0 amide bonds. The van der Waals surface area contributed by atoms with Crippen molar-refractivity contribution in [3.05, 3.63) is 52.3 Å². The van der Waals surface area contributed by atoms with Crippen LogP contribution >= 0.6 is 11.6 Å². The lowest BCUT2D eigenvalue weighted by Gasteiger charge is -2.13. The topological polar surface area (TPSA) is 34.2 Å². The van der Waals surface area contributed by atoms with Gasteiger partial charge in [0.25, 0.3) is 0 Å². The minimum atomic E-state index is 0.775. The highest BCUT2D eigenvalue weighted by molar-refractivity contribution is 6.32. The van der Waals surface area contributed by atoms with Gasteiger partial charge in [-0.2, -0.15) is 0 Å². The molecule has 0 saturated carbocycles. The molecule has 0 atom stereocenters. The van der Waals surface area contributed by atoms with Crippen molar-refractivity contribution in [1.82, 2.24) is 10.3 Å². The van der Waals surface area contributed by atoms with E-state index in [2.05, 4.69) is 17.2 Å². The molecule has 112 valence electrons. The fraction of sp³-hybridized carbons (Fsp3) is 0.353. The fourth-order valence-corrected chi connectivity index (χ4v) is 2.25. The molecule has 0 aliphatic carbocycles. The average Bonchev–Trinajstić information content (AvgIpc) is 2.47. The van der Waals surface area contributed by atoms with Gasteiger partial charge >= 0.3 is 0 Å². The predicted molar refractivity (Wildman–Crippen MR) is 87.2 cm³/mol. The van der Waals surface area contributed by atoms with E-state index in [-0.39, 0.29) is 0 Å². The second-order valence-corrected chi connectivity index (χ2v) is 5.51. The number of nitrogens with one attached hydrogen (secondary N) is 1. The molecule has 2 aromatic rings. The van der Waals surface area contributed by atoms with Gasteiger partial charge in [-0.25, -0.2) is 0 Å². The molecule has 3 nitrogen and oxygen atoms in total. The summed E-state index contributed by atoms with van der Waals surface area (Å²) < 4.78 is 6.00. The number of hydrogen-bond acceptors (Lipinski definition) is 3. The van der Waals surface area contributed by atoms with Crippen LogP contribution in [0.4, 0.5) is 0 Å². The molecule has 1 N–H and O–H groups in total. The van der Waals surface area contributed by atoms with E-state index in [9.17, 15) is 0 Å². The van der Waals surface area contributed by atoms with Crippen LogP contribution in [0.2, 0.25) is 5.02 Å². The molecular weight excluding hydrogens is 284 g/mol. The van der Waals surface area contributed by atoms with Crippen molar-refractivity contribution in [3.63, 3.8) is 0 Å². The lowest BCUT2D eigenvalue weighted by molar-refractivity contribution is 0.469. The molecule has 1 aromatic heterocycles. The Morgan fingerprint density at radius 3 is 2.62 bits per heavy atom. The van der Waals surface area contributed by atoms with Crippen LogP contribution in [0, 0.1) is 13.8 Å². The highest BCUT2D eigenvalue weighted by atomic mass is 35.5. The SMILES string of the molecule is CCCNCc1ccncc1Oc1cc(C)c(Cl)c(C)c1. The van der Waals surface area contributed by atoms with Crippen molar-refractivity contribution < 1.29 is 4.74 Å². The quantitative estimate of drug-likeness (QED) is 0.789. The van der Waals surface area contributed by atoms with Crippen LogP contribution < -0.4 is 10.1 Å². The lowest BCUT2D eigenvalue weighted by Crippen LogP contribution is -2.14. The zero-order valence-corrected chi connectivity index (χ0v) is 13.5. The summed E-state index contributed by atoms with van der Waals surface area (Å²) in [7, 11) is 0. The molecule has 0 unspecified atom stereocenters. The Morgan fingerprint density at radius 2 is 1.95 bits per heavy atom. The van der Waals surface area contributed by atoms with Gasteiger partial charge in [-0.3, -0.25) is 4.98 Å². The number of benzene rings is 1. The maximum atomic E-state index is 6.19. The van der Waals surface area contributed by atoms with Gasteiger partial charge in [0.15, 0.2) is 0 Å². The van der Waals surface area contributed by atoms with E-state index >= 15 is 0 Å². The average molecular weight is 305 g/mol. The van der Waals surface area contributed by atoms with Crippen molar-refractivity contribution in [2.75, 3.05) is 6.54 Å². The van der Waals surface area contributed by atoms with E-state index in [1.54, 1.807) is 12.4 Å². The molecule has 1 heterocycles. The standard InChI is InChI=1S/C17H21ClN2O/c1-4-6-19-10-14-5-7-20-11-16(14)21-15-8-12(2)17(18)13(3)9-15/h5,7-9,11,19H,4,6,10H2,1-3H3. The van der Waals surface area contributed by atoms with Crippen LogP contribution in [0.5, 0.6) is 11.5 Å². The Balaban J connectivity index is 2.19. The van der Waals surface area contributed by atoms with E-state index in [1.165, 1.54) is 0 Å². The summed E-state index contributed by atoms with van der Waals surface area (Å²) in [4.78, 5) is 4.15. The van der Waals surface area contributed by atoms with Gasteiger partial charge in [-0.05, 0) is 56.1 Å². The number of hydrogen-bond donors (Lipinski definition) is 1. The van der Waals surface area contributed by atoms with Crippen molar-refractivity contribution in [3.8, 4) is 11.5 Å². The van der Waals surface area contributed by atoms with Gasteiger partial charge < -0.3 is 10.1 Å². The third kappa shape index (κ3) is 4.19. The van der Waals surface area contributed by atoms with Crippen LogP contribution in [0.3, 0.4) is 0 Å². The number of pyridine rings is 1. The molecule has 1 aromatic carbocycles. The monoisotopic (exact) mass is 304 g/mol. The van der Waals surface area contributed by atoms with Crippen LogP contribution in [-0.2, 0) is 6.54 Å². The summed E-state index contributed by atoms with van der Waals surface area (Å²) in [6.45, 7) is 7.87. The molecule has 0 saturated heterocycles. The molecule has 0 aliphatic rings. The molecule has 4 heteroatoms. The normalized spacial score (nSPS) is 10.7. The van der Waals surface area contributed by atoms with Gasteiger partial charge in [0.1, 0.15) is 11.5 Å². The predicted octanol–water partition coefficient (Wildman–Crippen LogP) is 4.64. The van der Waals surface area contributed by atoms with Gasteiger partial charge in [0.05, 0.1) is 6.20 Å². The second-order valence-electron chi connectivity index (χ2n) is 5.13. The Morgan fingerprint density at radius 1 is 1.24 bits per heavy atom. The van der Waals surface area contributed by atoms with Gasteiger partial charge in [0.2, 0.25) is 0 Å². The Labute approximate surface area is 131 Å². The summed E-state index contributed by atoms with van der Waals surface area (Å²) >= 11 is 6.19. The van der Waals surface area contributed by atoms with Crippen LogP contribution in [0.15, 0.2) is 30.6 Å². The Bertz CT molecular complexity index is 590. The third-order valence-electron chi connectivity index (χ3n) is 3.25. The van der Waals surface area contributed by atoms with E-state index in [1.807, 2.05) is 32.0 Å². The molecule has 21 heavy (non-hydrogen) atoms. The summed E-state index contributed by atoms with van der Waals surface area (Å²) in [5.74, 6) is 1.57. The van der Waals surface area contributed by atoms with E-state index in [0.29, 0.717) is 0 Å². The number of ether oxygens (including phenoxy) is 1. The van der Waals surface area contributed by atoms with Gasteiger partial charge in [-0.15, -0.1) is 0 Å². The van der Waals surface area contributed by atoms with Crippen molar-refractivity contribution >= 4 is 11.6 Å². The maximum absolute atomic E-state index is 6.19. The summed E-state index contributed by atoms with van der Waals surface area (Å²) in [6.07, 6.45) is 4.65. The Kier molecular flexibility index (Phi) is 5.59. The van der Waals surface area contributed by atoms with Crippen molar-refractivity contribution in [2.24, 2.45) is 0 Å². The van der Waals surface area contributed by atoms with E-state index < -0.39 is 0 Å². The van der Waals surface area contributed by atoms with Gasteiger partial charge in [0, 0.05) is 23.3 Å². The molecule has 0 spiro atoms. The molecule has 0 aliphatic heterocycles. The summed E-state index contributed by atoms with van der Waals surface area (Å²) in [6, 6.07) is 5.88. The van der Waals surface area contributed by atoms with Crippen molar-refractivity contribution in [1.29, 1.82) is 0 Å². The van der Waals surface area contributed by atoms with Crippen LogP contribution in [0.25, 0.3) is 0 Å². The highest BCUT2D eigenvalue weighted by Crippen LogP contribution is 2.30. The first-order valence-corrected chi connectivity index (χ1v) is 7.57. The number of aryl methyl sites for hydroxylation is 2. The molecule has 0 bridgehead atoms. The van der Waals surface area contributed by atoms with Gasteiger partial charge in [-0.1, -0.05) is 18.5 Å². The van der Waals surface area contributed by atoms with Crippen LogP contribution in [-0.4, -0.2) is 11.5 Å². The fourth-order valence-electron chi connectivity index (χ4n) is 2.14. The minimum Gasteiger partial charge on any atom is -0.455 e. The van der Waals surface area contributed by atoms with E-state index in [0.717, 1.165) is 52.7 Å². The number of nitrogens with zero attached hydrogens (tertiary/aromatic N) is 1. The number of halogens is 1. The molecule has 0 fully saturated rings. The summed E-state index contributed by atoms with van der Waals surface area (Å²) in [5, 5.41) is 4.17. The molecule has 0 radical (unpaired) electrons. The summed E-state index contributed by atoms with van der Waals surface area (Å²) in [5.41, 5.74) is 3.13. The first-order chi connectivity index (χ1) is 10.1. The number of aromatic nitrogens is 1. The molecule has 2 rings (SSSR count). The smallest absolute Gasteiger partial charge is 0.150 e. The zero-order chi connectivity index (χ0) is 15.2. The largest absolute Gasteiger partial charge is 0.455 e. The highest BCUT2D eigenvalue weighted by Gasteiger charge is 2.08. The zero-order valence-electron chi connectivity index (χ0n) is 12.7. The number of rotatable bonds is 6. The second kappa shape index (κ2) is 7.43. The first-order valence-electron chi connectivity index (χ1n) is 7.20. The van der Waals surface area contributed by atoms with Crippen molar-refractivity contribution in [2.45, 2.75) is 33.7 Å². The third-order valence-corrected chi connectivity index (χ3v) is 3.85. The Hall–Kier alpha value is -1.58. The minimum absolute atomic E-state index is 0.775. The van der Waals surface area contributed by atoms with Crippen LogP contribution in [0.1, 0.15) is 30.0 Å². The van der Waals surface area contributed by atoms with E-state index in [4.69, 9.17) is 16.3 Å². The first kappa shape index (κ1) is 15.8. The lowest BCUT2D eigenvalue weighted by atomic mass is 10.1.